The summed E-state index contributed by atoms with van der Waals surface area (Å²) in [6, 6.07) is 8.30. The Kier molecular flexibility index (Phi) is 4.62. The molecule has 0 aliphatic rings. The topological polar surface area (TPSA) is 116 Å². The number of aromatic nitrogens is 4. The van der Waals surface area contributed by atoms with Crippen LogP contribution in [0.25, 0.3) is 21.5 Å². The van der Waals surface area contributed by atoms with Gasteiger partial charge in [-0.1, -0.05) is 23.7 Å². The summed E-state index contributed by atoms with van der Waals surface area (Å²) < 4.78 is 0.933. The zero-order valence-electron chi connectivity index (χ0n) is 14.5. The molecule has 0 saturated heterocycles. The molecule has 3 heterocycles. The van der Waals surface area contributed by atoms with Crippen molar-refractivity contribution in [3.63, 3.8) is 0 Å². The molecule has 0 fully saturated rings. The maximum Gasteiger partial charge on any atom is 0.261 e. The molecular formula is C18H13ClN5O3S-. The number of carbonyl (C=O) groups is 1. The van der Waals surface area contributed by atoms with E-state index in [2.05, 4.69) is 20.5 Å². The van der Waals surface area contributed by atoms with E-state index in [1.807, 2.05) is 12.1 Å². The fourth-order valence-electron chi connectivity index (χ4n) is 2.76. The quantitative estimate of drug-likeness (QED) is 0.531. The molecule has 0 spiro atoms. The molecule has 4 rings (SSSR count). The molecule has 28 heavy (non-hydrogen) atoms. The number of benzene rings is 1. The van der Waals surface area contributed by atoms with Crippen LogP contribution in [0.1, 0.15) is 5.56 Å². The number of nitrogens with one attached hydrogen (secondary N) is 2. The van der Waals surface area contributed by atoms with Gasteiger partial charge in [0.2, 0.25) is 5.91 Å². The minimum absolute atomic E-state index is 0.0295. The molecule has 4 aromatic rings. The second-order valence-corrected chi connectivity index (χ2v) is 7.39. The second-order valence-electron chi connectivity index (χ2n) is 6.10. The zero-order valence-corrected chi connectivity index (χ0v) is 16.1. The van der Waals surface area contributed by atoms with Crippen LogP contribution < -0.4 is 16.0 Å². The highest BCUT2D eigenvalue weighted by Gasteiger charge is 2.15. The molecule has 8 nitrogen and oxygen atoms in total. The Hall–Kier alpha value is -3.17. The molecule has 0 aliphatic carbocycles. The number of thiophene rings is 1. The lowest BCUT2D eigenvalue weighted by atomic mass is 10.1. The Bertz CT molecular complexity index is 1240. The van der Waals surface area contributed by atoms with Gasteiger partial charge in [-0.15, -0.1) is 11.3 Å². The molecule has 0 saturated carbocycles. The van der Waals surface area contributed by atoms with Crippen molar-refractivity contribution in [2.75, 3.05) is 5.32 Å². The van der Waals surface area contributed by atoms with Crippen LogP contribution in [0.3, 0.4) is 0 Å². The fraction of sp³-hybridized carbons (Fsp3) is 0.111. The molecule has 1 aromatic carbocycles. The van der Waals surface area contributed by atoms with Gasteiger partial charge in [-0.3, -0.25) is 14.7 Å². The number of halogens is 1. The molecule has 1 amide bonds. The first-order valence-electron chi connectivity index (χ1n) is 8.17. The summed E-state index contributed by atoms with van der Waals surface area (Å²) in [7, 11) is 1.36. The predicted octanol–water partition coefficient (Wildman–Crippen LogP) is 2.29. The van der Waals surface area contributed by atoms with Crippen molar-refractivity contribution in [2.45, 2.75) is 6.42 Å². The first kappa shape index (κ1) is 18.2. The average molecular weight is 415 g/mol. The standard InChI is InChI=1S/C18H14ClN5O3S/c1-24-17(26)15-10(8-28-16(15)21-18(24)27)6-14(25)20-13-7-12(22-23-13)9-2-4-11(19)5-3-9/h2-5,7-8H,6H2,1H3,(H,21,27)(H2,20,22,23,25)/p-1. The first-order chi connectivity index (χ1) is 13.4. The third-order valence-corrected chi connectivity index (χ3v) is 5.38. The van der Waals surface area contributed by atoms with E-state index in [0.717, 1.165) is 27.2 Å². The van der Waals surface area contributed by atoms with Gasteiger partial charge >= 0.3 is 0 Å². The number of fused-ring (bicyclic) bond motifs is 1. The summed E-state index contributed by atoms with van der Waals surface area (Å²) in [6.07, 6.45) is -0.0295. The van der Waals surface area contributed by atoms with E-state index in [0.29, 0.717) is 26.6 Å². The van der Waals surface area contributed by atoms with E-state index in [9.17, 15) is 14.7 Å². The number of carbonyl (C=O) groups excluding carboxylic acids is 1. The number of hydrogen-bond acceptors (Lipinski definition) is 6. The summed E-state index contributed by atoms with van der Waals surface area (Å²) >= 11 is 7.05. The molecular weight excluding hydrogens is 402 g/mol. The summed E-state index contributed by atoms with van der Waals surface area (Å²) in [5, 5.41) is 23.9. The van der Waals surface area contributed by atoms with Crippen LogP contribution in [0, 0.1) is 0 Å². The van der Waals surface area contributed by atoms with Gasteiger partial charge in [0.1, 0.15) is 4.83 Å². The summed E-state index contributed by atoms with van der Waals surface area (Å²) in [4.78, 5) is 28.9. The molecule has 3 aromatic heterocycles. The highest BCUT2D eigenvalue weighted by atomic mass is 35.5. The van der Waals surface area contributed by atoms with Gasteiger partial charge in [0.25, 0.3) is 5.56 Å². The highest BCUT2D eigenvalue weighted by Crippen LogP contribution is 2.24. The van der Waals surface area contributed by atoms with Crippen LogP contribution in [0.2, 0.25) is 5.02 Å². The van der Waals surface area contributed by atoms with Crippen molar-refractivity contribution in [1.29, 1.82) is 0 Å². The molecule has 0 unspecified atom stereocenters. The maximum absolute atomic E-state index is 12.4. The molecule has 10 heteroatoms. The number of rotatable bonds is 4. The molecule has 142 valence electrons. The van der Waals surface area contributed by atoms with Crippen molar-refractivity contribution in [3.05, 3.63) is 56.7 Å². The Balaban J connectivity index is 1.53. The predicted molar refractivity (Wildman–Crippen MR) is 106 cm³/mol. The number of amides is 1. The molecule has 0 bridgehead atoms. The second kappa shape index (κ2) is 7.10. The number of H-pyrrole nitrogens is 1. The molecule has 0 aliphatic heterocycles. The van der Waals surface area contributed by atoms with Crippen molar-refractivity contribution in [3.8, 4) is 17.3 Å². The van der Waals surface area contributed by atoms with Crippen molar-refractivity contribution in [2.24, 2.45) is 7.05 Å². The smallest absolute Gasteiger partial charge is 0.261 e. The number of anilines is 1. The van der Waals surface area contributed by atoms with E-state index in [4.69, 9.17) is 11.6 Å². The van der Waals surface area contributed by atoms with E-state index < -0.39 is 11.6 Å². The first-order valence-corrected chi connectivity index (χ1v) is 9.43. The fourth-order valence-corrected chi connectivity index (χ4v) is 3.81. The summed E-state index contributed by atoms with van der Waals surface area (Å²) in [5.74, 6) is 0.0319. The van der Waals surface area contributed by atoms with Crippen LogP contribution >= 0.6 is 22.9 Å². The summed E-state index contributed by atoms with van der Waals surface area (Å²) in [6.45, 7) is 0. The Labute approximate surface area is 167 Å². The minimum Gasteiger partial charge on any atom is -0.846 e. The lowest BCUT2D eigenvalue weighted by molar-refractivity contribution is -0.285. The van der Waals surface area contributed by atoms with Gasteiger partial charge in [-0.25, -0.2) is 4.98 Å². The monoisotopic (exact) mass is 414 g/mol. The minimum atomic E-state index is -0.610. The Morgan fingerprint density at radius 2 is 2.11 bits per heavy atom. The molecule has 0 atom stereocenters. The van der Waals surface area contributed by atoms with E-state index in [1.165, 1.54) is 7.05 Å². The van der Waals surface area contributed by atoms with E-state index >= 15 is 0 Å². The zero-order chi connectivity index (χ0) is 19.8. The highest BCUT2D eigenvalue weighted by molar-refractivity contribution is 7.16. The Morgan fingerprint density at radius 3 is 2.86 bits per heavy atom. The third kappa shape index (κ3) is 3.37. The van der Waals surface area contributed by atoms with Crippen LogP contribution in [0.4, 0.5) is 5.82 Å². The van der Waals surface area contributed by atoms with Gasteiger partial charge in [0, 0.05) is 18.1 Å². The average Bonchev–Trinajstić information content (AvgIpc) is 3.28. The van der Waals surface area contributed by atoms with E-state index in [-0.39, 0.29) is 12.3 Å². The number of hydrogen-bond donors (Lipinski definition) is 2. The van der Waals surface area contributed by atoms with Crippen LogP contribution in [0.5, 0.6) is 6.01 Å². The van der Waals surface area contributed by atoms with Crippen LogP contribution in [0.15, 0.2) is 40.5 Å². The SMILES string of the molecule is Cn1c([O-])nc2scc(CC(=O)Nc3cc(-c4ccc(Cl)cc4)[nH]n3)c2c1=O. The van der Waals surface area contributed by atoms with Crippen molar-refractivity contribution in [1.82, 2.24) is 19.7 Å². The lowest BCUT2D eigenvalue weighted by Crippen LogP contribution is -2.23. The van der Waals surface area contributed by atoms with Crippen LogP contribution in [-0.4, -0.2) is 25.7 Å². The molecule has 2 N–H and O–H groups in total. The third-order valence-electron chi connectivity index (χ3n) is 4.20. The van der Waals surface area contributed by atoms with Crippen LogP contribution in [-0.2, 0) is 18.3 Å². The number of aromatic amines is 1. The lowest BCUT2D eigenvalue weighted by Gasteiger charge is -2.10. The van der Waals surface area contributed by atoms with Gasteiger partial charge in [-0.05, 0) is 28.6 Å². The van der Waals surface area contributed by atoms with Gasteiger partial charge in [-0.2, -0.15) is 5.10 Å². The van der Waals surface area contributed by atoms with Gasteiger partial charge < -0.3 is 15.0 Å². The largest absolute Gasteiger partial charge is 0.846 e. The number of nitrogens with zero attached hydrogens (tertiary/aromatic N) is 3. The summed E-state index contributed by atoms with van der Waals surface area (Å²) in [5.41, 5.74) is 1.68. The van der Waals surface area contributed by atoms with Gasteiger partial charge in [0.15, 0.2) is 5.82 Å². The molecule has 0 radical (unpaired) electrons. The Morgan fingerprint density at radius 1 is 1.36 bits per heavy atom. The van der Waals surface area contributed by atoms with E-state index in [1.54, 1.807) is 23.6 Å². The maximum atomic E-state index is 12.4. The van der Waals surface area contributed by atoms with Gasteiger partial charge in [0.05, 0.1) is 23.5 Å². The van der Waals surface area contributed by atoms with Crippen molar-refractivity contribution < 1.29 is 9.90 Å². The van der Waals surface area contributed by atoms with Crippen molar-refractivity contribution >= 4 is 44.9 Å². The normalized spacial score (nSPS) is 11.1.